The summed E-state index contributed by atoms with van der Waals surface area (Å²) in [6.07, 6.45) is -0.632. The van der Waals surface area contributed by atoms with E-state index in [0.717, 1.165) is 5.56 Å². The molecule has 0 amide bonds. The van der Waals surface area contributed by atoms with Gasteiger partial charge >= 0.3 is 8.80 Å². The lowest BCUT2D eigenvalue weighted by Gasteiger charge is -2.26. The predicted molar refractivity (Wildman–Crippen MR) is 63.0 cm³/mol. The van der Waals surface area contributed by atoms with Gasteiger partial charge in [-0.3, -0.25) is 0 Å². The fourth-order valence-electron chi connectivity index (χ4n) is 1.53. The van der Waals surface area contributed by atoms with Crippen molar-refractivity contribution in [3.63, 3.8) is 0 Å². The van der Waals surface area contributed by atoms with E-state index < -0.39 is 14.9 Å². The Morgan fingerprint density at radius 3 is 2.00 bits per heavy atom. The molecule has 0 saturated carbocycles. The van der Waals surface area contributed by atoms with Crippen LogP contribution in [0.25, 0.3) is 0 Å². The van der Waals surface area contributed by atoms with Gasteiger partial charge in [-0.25, -0.2) is 0 Å². The fourth-order valence-corrected chi connectivity index (χ4v) is 3.24. The Morgan fingerprint density at radius 2 is 1.56 bits per heavy atom. The molecule has 1 N–H and O–H groups in total. The van der Waals surface area contributed by atoms with E-state index in [1.54, 1.807) is 0 Å². The lowest BCUT2D eigenvalue weighted by atomic mass is 10.1. The molecule has 4 nitrogen and oxygen atoms in total. The normalized spacial score (nSPS) is 13.8. The third kappa shape index (κ3) is 3.13. The number of hydrogen-bond donors (Lipinski definition) is 1. The SMILES string of the molecule is CO[Si](CC(O)c1ccccc1)(OC)OC. The first-order valence-corrected chi connectivity index (χ1v) is 6.99. The molecule has 0 aliphatic carbocycles. The summed E-state index contributed by atoms with van der Waals surface area (Å²) in [5.74, 6) is 0. The van der Waals surface area contributed by atoms with E-state index in [1.807, 2.05) is 30.3 Å². The molecule has 90 valence electrons. The lowest BCUT2D eigenvalue weighted by Crippen LogP contribution is -2.44. The zero-order valence-electron chi connectivity index (χ0n) is 9.84. The van der Waals surface area contributed by atoms with Crippen LogP contribution >= 0.6 is 0 Å². The number of rotatable bonds is 6. The van der Waals surface area contributed by atoms with Crippen LogP contribution in [-0.2, 0) is 13.3 Å². The highest BCUT2D eigenvalue weighted by atomic mass is 28.4. The van der Waals surface area contributed by atoms with E-state index in [4.69, 9.17) is 13.3 Å². The monoisotopic (exact) mass is 242 g/mol. The zero-order valence-corrected chi connectivity index (χ0v) is 10.8. The van der Waals surface area contributed by atoms with Crippen LogP contribution in [0.5, 0.6) is 0 Å². The average Bonchev–Trinajstić information content (AvgIpc) is 2.37. The Kier molecular flexibility index (Phi) is 5.10. The third-order valence-corrected chi connectivity index (χ3v) is 5.31. The molecule has 1 atom stereocenters. The molecule has 16 heavy (non-hydrogen) atoms. The quantitative estimate of drug-likeness (QED) is 0.770. The molecule has 0 spiro atoms. The molecular formula is C11H18O4Si. The van der Waals surface area contributed by atoms with Gasteiger partial charge in [-0.05, 0) is 5.56 Å². The molecule has 1 rings (SSSR count). The molecule has 1 aromatic carbocycles. The highest BCUT2D eigenvalue weighted by molar-refractivity contribution is 6.60. The molecule has 5 heteroatoms. The van der Waals surface area contributed by atoms with Gasteiger partial charge in [0.15, 0.2) is 0 Å². The number of aliphatic hydroxyl groups excluding tert-OH is 1. The fraction of sp³-hybridized carbons (Fsp3) is 0.455. The molecule has 1 aromatic rings. The molecule has 0 radical (unpaired) electrons. The van der Waals surface area contributed by atoms with Crippen molar-refractivity contribution in [1.82, 2.24) is 0 Å². The van der Waals surface area contributed by atoms with Crippen LogP contribution in [-0.4, -0.2) is 35.2 Å². The van der Waals surface area contributed by atoms with Gasteiger partial charge in [0.25, 0.3) is 0 Å². The number of benzene rings is 1. The number of hydrogen-bond acceptors (Lipinski definition) is 4. The molecule has 0 aromatic heterocycles. The van der Waals surface area contributed by atoms with Gasteiger partial charge in [-0.15, -0.1) is 0 Å². The maximum atomic E-state index is 10.0. The summed E-state index contributed by atoms with van der Waals surface area (Å²) in [4.78, 5) is 0. The van der Waals surface area contributed by atoms with Crippen molar-refractivity contribution < 1.29 is 18.4 Å². The summed E-state index contributed by atoms with van der Waals surface area (Å²) in [5.41, 5.74) is 0.838. The van der Waals surface area contributed by atoms with Gasteiger partial charge in [0.1, 0.15) is 0 Å². The van der Waals surface area contributed by atoms with E-state index in [1.165, 1.54) is 21.3 Å². The van der Waals surface area contributed by atoms with Crippen molar-refractivity contribution in [1.29, 1.82) is 0 Å². The van der Waals surface area contributed by atoms with Crippen molar-refractivity contribution >= 4 is 8.80 Å². The standard InChI is InChI=1S/C11H18O4Si/c1-13-16(14-2,15-3)9-11(12)10-7-5-4-6-8-10/h4-8,11-12H,9H2,1-3H3. The van der Waals surface area contributed by atoms with Crippen molar-refractivity contribution in [3.05, 3.63) is 35.9 Å². The summed E-state index contributed by atoms with van der Waals surface area (Å²) in [6.45, 7) is 0. The third-order valence-electron chi connectivity index (χ3n) is 2.56. The van der Waals surface area contributed by atoms with E-state index in [0.29, 0.717) is 6.04 Å². The first-order valence-electron chi connectivity index (χ1n) is 5.06. The smallest absolute Gasteiger partial charge is 0.388 e. The molecule has 0 bridgehead atoms. The van der Waals surface area contributed by atoms with Crippen LogP contribution in [0.1, 0.15) is 11.7 Å². The Hall–Kier alpha value is -0.723. The van der Waals surface area contributed by atoms with Gasteiger partial charge in [0.2, 0.25) is 0 Å². The predicted octanol–water partition coefficient (Wildman–Crippen LogP) is 1.60. The van der Waals surface area contributed by atoms with Crippen LogP contribution in [0.3, 0.4) is 0 Å². The van der Waals surface area contributed by atoms with Crippen LogP contribution in [0.4, 0.5) is 0 Å². The van der Waals surface area contributed by atoms with Crippen LogP contribution in [0, 0.1) is 0 Å². The van der Waals surface area contributed by atoms with E-state index in [9.17, 15) is 5.11 Å². The maximum absolute atomic E-state index is 10.0. The molecule has 0 aliphatic rings. The molecule has 1 unspecified atom stereocenters. The second kappa shape index (κ2) is 6.12. The van der Waals surface area contributed by atoms with Gasteiger partial charge < -0.3 is 18.4 Å². The Bertz CT molecular complexity index is 292. The van der Waals surface area contributed by atoms with Crippen LogP contribution in [0.2, 0.25) is 6.04 Å². The average molecular weight is 242 g/mol. The summed E-state index contributed by atoms with van der Waals surface area (Å²) in [7, 11) is 1.90. The molecule has 0 fully saturated rings. The minimum absolute atomic E-state index is 0.348. The second-order valence-corrected chi connectivity index (χ2v) is 6.43. The summed E-state index contributed by atoms with van der Waals surface area (Å²) in [6, 6.07) is 9.75. The molecule has 0 saturated heterocycles. The van der Waals surface area contributed by atoms with E-state index in [-0.39, 0.29) is 0 Å². The molecule has 0 aliphatic heterocycles. The summed E-state index contributed by atoms with van der Waals surface area (Å²) < 4.78 is 15.8. The maximum Gasteiger partial charge on any atom is 0.503 e. The highest BCUT2D eigenvalue weighted by Gasteiger charge is 2.40. The largest absolute Gasteiger partial charge is 0.503 e. The van der Waals surface area contributed by atoms with Gasteiger partial charge in [-0.2, -0.15) is 0 Å². The Labute approximate surface area is 97.1 Å². The minimum Gasteiger partial charge on any atom is -0.388 e. The van der Waals surface area contributed by atoms with Crippen molar-refractivity contribution in [2.45, 2.75) is 12.1 Å². The molecule has 0 heterocycles. The van der Waals surface area contributed by atoms with Crippen LogP contribution in [0.15, 0.2) is 30.3 Å². The van der Waals surface area contributed by atoms with Crippen molar-refractivity contribution in [3.8, 4) is 0 Å². The Morgan fingerprint density at radius 1 is 1.06 bits per heavy atom. The zero-order chi connectivity index (χ0) is 12.0. The number of aliphatic hydroxyl groups is 1. The first-order chi connectivity index (χ1) is 7.67. The van der Waals surface area contributed by atoms with Gasteiger partial charge in [0, 0.05) is 27.4 Å². The van der Waals surface area contributed by atoms with E-state index in [2.05, 4.69) is 0 Å². The van der Waals surface area contributed by atoms with Crippen LogP contribution < -0.4 is 0 Å². The minimum atomic E-state index is -2.71. The van der Waals surface area contributed by atoms with Gasteiger partial charge in [-0.1, -0.05) is 30.3 Å². The molecular weight excluding hydrogens is 224 g/mol. The highest BCUT2D eigenvalue weighted by Crippen LogP contribution is 2.25. The summed E-state index contributed by atoms with van der Waals surface area (Å²) in [5, 5.41) is 10.0. The lowest BCUT2D eigenvalue weighted by molar-refractivity contribution is 0.0972. The summed E-state index contributed by atoms with van der Waals surface area (Å²) >= 11 is 0. The van der Waals surface area contributed by atoms with Crippen molar-refractivity contribution in [2.24, 2.45) is 0 Å². The first kappa shape index (κ1) is 13.3. The Balaban J connectivity index is 2.73. The van der Waals surface area contributed by atoms with Crippen molar-refractivity contribution in [2.75, 3.05) is 21.3 Å². The topological polar surface area (TPSA) is 47.9 Å². The second-order valence-electron chi connectivity index (χ2n) is 3.43. The van der Waals surface area contributed by atoms with E-state index >= 15 is 0 Å². The van der Waals surface area contributed by atoms with Gasteiger partial charge in [0.05, 0.1) is 6.10 Å².